The summed E-state index contributed by atoms with van der Waals surface area (Å²) < 4.78 is 19.8. The summed E-state index contributed by atoms with van der Waals surface area (Å²) in [5.74, 6) is -1.77. The molecule has 2 aromatic carbocycles. The van der Waals surface area contributed by atoms with Gasteiger partial charge in [-0.15, -0.1) is 0 Å². The summed E-state index contributed by atoms with van der Waals surface area (Å²) in [6, 6.07) is 19.1. The molecule has 3 fully saturated rings. The van der Waals surface area contributed by atoms with E-state index in [1.54, 1.807) is 6.92 Å². The van der Waals surface area contributed by atoms with Crippen LogP contribution >= 0.6 is 0 Å². The van der Waals surface area contributed by atoms with Crippen molar-refractivity contribution in [1.29, 1.82) is 0 Å². The van der Waals surface area contributed by atoms with E-state index < -0.39 is 62.7 Å². The second kappa shape index (κ2) is 11.1. The highest BCUT2D eigenvalue weighted by molar-refractivity contribution is 6.99. The van der Waals surface area contributed by atoms with Gasteiger partial charge in [-0.05, 0) is 22.3 Å². The maximum absolute atomic E-state index is 13.1. The van der Waals surface area contributed by atoms with Crippen molar-refractivity contribution in [3.63, 3.8) is 0 Å². The van der Waals surface area contributed by atoms with E-state index in [0.29, 0.717) is 6.42 Å². The van der Waals surface area contributed by atoms with Crippen LogP contribution < -0.4 is 15.7 Å². The number of hydrogen-bond acceptors (Lipinski definition) is 7. The van der Waals surface area contributed by atoms with Gasteiger partial charge in [-0.3, -0.25) is 19.8 Å². The number of esters is 1. The molecule has 3 aliphatic rings. The Balaban J connectivity index is 1.58. The normalized spacial score (nSPS) is 27.7. The molecule has 0 unspecified atom stereocenters. The average molecular weight is 579 g/mol. The molecule has 3 saturated heterocycles. The number of fused-ring (bicyclic) bond motifs is 4. The van der Waals surface area contributed by atoms with Crippen LogP contribution in [0.4, 0.5) is 4.79 Å². The van der Waals surface area contributed by atoms with Crippen LogP contribution in [0.2, 0.25) is 5.04 Å². The molecular weight excluding hydrogens is 540 g/mol. The Morgan fingerprint density at radius 2 is 1.59 bits per heavy atom. The summed E-state index contributed by atoms with van der Waals surface area (Å²) in [7, 11) is -3.02. The molecular formula is C31H38N2O7Si. The van der Waals surface area contributed by atoms with Crippen molar-refractivity contribution < 1.29 is 33.1 Å². The standard InChI is InChI=1S/C31H38N2O7Si/c1-19(34)16-17-25(35)39-28-26-20(2)29(36)32-30(37)33(26)24-18-23(27(28)38-24)40-41(31(3,4)5,21-12-8-6-9-13-21)22-14-10-7-11-15-22/h6-15,20,23-24,26-28H,16-18H2,1-5H3,(H,32,36,37)/t20-,23-,24+,26-,27-,28-/m0/s1. The fourth-order valence-corrected chi connectivity index (χ4v) is 11.3. The molecule has 2 aromatic rings. The molecule has 6 atom stereocenters. The molecule has 1 N–H and O–H groups in total. The Kier molecular flexibility index (Phi) is 7.93. The number of carbonyl (C=O) groups is 4. The lowest BCUT2D eigenvalue weighted by molar-refractivity contribution is -0.205. The molecule has 0 aliphatic carbocycles. The van der Waals surface area contributed by atoms with Crippen LogP contribution in [0.3, 0.4) is 0 Å². The largest absolute Gasteiger partial charge is 0.457 e. The average Bonchev–Trinajstić information content (AvgIpc) is 3.29. The number of hydrogen-bond donors (Lipinski definition) is 1. The van der Waals surface area contributed by atoms with Crippen LogP contribution in [-0.2, 0) is 28.3 Å². The Labute approximate surface area is 241 Å². The second-order valence-corrected chi connectivity index (χ2v) is 16.5. The first kappa shape index (κ1) is 29.2. The first-order valence-corrected chi connectivity index (χ1v) is 16.1. The van der Waals surface area contributed by atoms with Crippen molar-refractivity contribution in [2.45, 2.75) is 89.5 Å². The smallest absolute Gasteiger partial charge is 0.326 e. The predicted molar refractivity (Wildman–Crippen MR) is 154 cm³/mol. The lowest BCUT2D eigenvalue weighted by Crippen LogP contribution is -2.71. The third kappa shape index (κ3) is 5.24. The number of nitrogens with zero attached hydrogens (tertiary/aromatic N) is 1. The Bertz CT molecular complexity index is 1270. The zero-order chi connectivity index (χ0) is 29.5. The van der Waals surface area contributed by atoms with Gasteiger partial charge in [-0.2, -0.15) is 0 Å². The van der Waals surface area contributed by atoms with Crippen LogP contribution in [-0.4, -0.2) is 67.5 Å². The third-order valence-electron chi connectivity index (χ3n) is 8.49. The maximum atomic E-state index is 13.1. The molecule has 0 saturated carbocycles. The fourth-order valence-electron chi connectivity index (χ4n) is 6.56. The summed E-state index contributed by atoms with van der Waals surface area (Å²) in [4.78, 5) is 51.9. The fraction of sp³-hybridized carbons (Fsp3) is 0.484. The molecule has 41 heavy (non-hydrogen) atoms. The number of Topliss-reactive ketones (excluding diaryl/α,β-unsaturated/α-hetero) is 1. The number of benzene rings is 2. The third-order valence-corrected chi connectivity index (χ3v) is 13.6. The van der Waals surface area contributed by atoms with E-state index in [-0.39, 0.29) is 23.7 Å². The lowest BCUT2D eigenvalue weighted by atomic mass is 9.88. The Morgan fingerprint density at radius 1 is 1.00 bits per heavy atom. The molecule has 9 nitrogen and oxygen atoms in total. The number of nitrogens with one attached hydrogen (secondary N) is 1. The lowest BCUT2D eigenvalue weighted by Gasteiger charge is -2.49. The van der Waals surface area contributed by atoms with Gasteiger partial charge in [-0.1, -0.05) is 88.4 Å². The maximum Gasteiger partial charge on any atom is 0.326 e. The summed E-state index contributed by atoms with van der Waals surface area (Å²) in [5, 5.41) is 4.29. The second-order valence-electron chi connectivity index (χ2n) is 12.2. The number of imide groups is 1. The molecule has 0 aromatic heterocycles. The zero-order valence-corrected chi connectivity index (χ0v) is 25.2. The van der Waals surface area contributed by atoms with Crippen molar-refractivity contribution in [3.05, 3.63) is 60.7 Å². The monoisotopic (exact) mass is 578 g/mol. The number of ketones is 1. The molecule has 218 valence electrons. The van der Waals surface area contributed by atoms with E-state index in [4.69, 9.17) is 13.9 Å². The highest BCUT2D eigenvalue weighted by Gasteiger charge is 2.63. The van der Waals surface area contributed by atoms with Crippen LogP contribution in [0.15, 0.2) is 60.7 Å². The van der Waals surface area contributed by atoms with Gasteiger partial charge in [0, 0.05) is 12.8 Å². The van der Waals surface area contributed by atoms with Crippen molar-refractivity contribution >= 4 is 42.4 Å². The van der Waals surface area contributed by atoms with E-state index in [1.165, 1.54) is 11.8 Å². The zero-order valence-electron chi connectivity index (χ0n) is 24.2. The summed E-state index contributed by atoms with van der Waals surface area (Å²) >= 11 is 0. The molecule has 10 heteroatoms. The van der Waals surface area contributed by atoms with E-state index in [1.807, 2.05) is 36.4 Å². The van der Waals surface area contributed by atoms with Crippen LogP contribution in [0.1, 0.15) is 53.9 Å². The number of amides is 3. The van der Waals surface area contributed by atoms with Gasteiger partial charge >= 0.3 is 12.0 Å². The SMILES string of the molecule is CC(=O)CCC(=O)O[C@@H]1[C@H]2O[C@H](C[C@@H]2O[Si](c2ccccc2)(c2ccccc2)C(C)(C)C)N2C(=O)NC(=O)[C@@H](C)[C@@H]12. The highest BCUT2D eigenvalue weighted by Crippen LogP contribution is 2.45. The number of rotatable bonds is 8. The van der Waals surface area contributed by atoms with Crippen molar-refractivity contribution in [3.8, 4) is 0 Å². The van der Waals surface area contributed by atoms with Crippen molar-refractivity contribution in [2.75, 3.05) is 0 Å². The van der Waals surface area contributed by atoms with Crippen molar-refractivity contribution in [1.82, 2.24) is 10.2 Å². The van der Waals surface area contributed by atoms with E-state index in [2.05, 4.69) is 50.4 Å². The van der Waals surface area contributed by atoms with E-state index in [0.717, 1.165) is 10.4 Å². The minimum atomic E-state index is -3.02. The quantitative estimate of drug-likeness (QED) is 0.379. The van der Waals surface area contributed by atoms with Gasteiger partial charge in [0.2, 0.25) is 5.91 Å². The van der Waals surface area contributed by atoms with Crippen LogP contribution in [0.25, 0.3) is 0 Å². The van der Waals surface area contributed by atoms with Gasteiger partial charge in [0.25, 0.3) is 8.32 Å². The topological polar surface area (TPSA) is 111 Å². The van der Waals surface area contributed by atoms with Gasteiger partial charge in [0.15, 0.2) is 6.10 Å². The van der Waals surface area contributed by atoms with E-state index >= 15 is 0 Å². The highest BCUT2D eigenvalue weighted by atomic mass is 28.4. The van der Waals surface area contributed by atoms with Gasteiger partial charge in [-0.25, -0.2) is 4.79 Å². The summed E-state index contributed by atoms with van der Waals surface area (Å²) in [5.41, 5.74) is 0. The first-order chi connectivity index (χ1) is 19.4. The number of carbonyl (C=O) groups excluding carboxylic acids is 4. The first-order valence-electron chi connectivity index (χ1n) is 14.2. The molecule has 2 bridgehead atoms. The molecule has 0 spiro atoms. The minimum absolute atomic E-state index is 0.0467. The van der Waals surface area contributed by atoms with Crippen LogP contribution in [0, 0.1) is 5.92 Å². The molecule has 3 heterocycles. The van der Waals surface area contributed by atoms with Gasteiger partial charge < -0.3 is 18.7 Å². The molecule has 0 radical (unpaired) electrons. The Hall–Kier alpha value is -3.34. The Morgan fingerprint density at radius 3 is 2.12 bits per heavy atom. The van der Waals surface area contributed by atoms with Crippen molar-refractivity contribution in [2.24, 2.45) is 5.92 Å². The minimum Gasteiger partial charge on any atom is -0.457 e. The molecule has 3 amide bonds. The summed E-state index contributed by atoms with van der Waals surface area (Å²) in [6.07, 6.45) is -2.50. The molecule has 3 aliphatic heterocycles. The molecule has 5 rings (SSSR count). The van der Waals surface area contributed by atoms with Gasteiger partial charge in [0.05, 0.1) is 24.5 Å². The number of ether oxygens (including phenoxy) is 2. The number of urea groups is 1. The predicted octanol–water partition coefficient (Wildman–Crippen LogP) is 2.90. The summed E-state index contributed by atoms with van der Waals surface area (Å²) in [6.45, 7) is 9.67. The van der Waals surface area contributed by atoms with Gasteiger partial charge in [0.1, 0.15) is 18.1 Å². The van der Waals surface area contributed by atoms with Crippen LogP contribution in [0.5, 0.6) is 0 Å². The van der Waals surface area contributed by atoms with E-state index in [9.17, 15) is 19.2 Å².